The van der Waals surface area contributed by atoms with Crippen LogP contribution >= 0.6 is 8.18 Å². The summed E-state index contributed by atoms with van der Waals surface area (Å²) in [6.07, 6.45) is -2.81. The largest absolute Gasteiger partial charge is 0.613 e. The van der Waals surface area contributed by atoms with Gasteiger partial charge in [-0.3, -0.25) is 19.1 Å². The van der Waals surface area contributed by atoms with E-state index in [9.17, 15) is 24.1 Å². The molecule has 2 heterocycles. The minimum absolute atomic E-state index is 0.227. The number of carbonyl (C=O) groups is 1. The molecule has 1 aromatic heterocycles. The van der Waals surface area contributed by atoms with Crippen LogP contribution in [0.2, 0.25) is 0 Å². The van der Waals surface area contributed by atoms with Gasteiger partial charge in [-0.15, -0.1) is 4.52 Å². The molecule has 162 valence electrons. The molecular formula is C16H24FN3O8P+. The number of hydrogen-bond acceptors (Lipinski definition) is 8. The summed E-state index contributed by atoms with van der Waals surface area (Å²) >= 11 is 0. The fourth-order valence-corrected chi connectivity index (χ4v) is 3.46. The van der Waals surface area contributed by atoms with Gasteiger partial charge in [0.2, 0.25) is 0 Å². The molecule has 0 bridgehead atoms. The molecule has 1 aliphatic rings. The molecule has 1 saturated heterocycles. The zero-order chi connectivity index (χ0) is 21.8. The second-order valence-corrected chi connectivity index (χ2v) is 7.74. The molecule has 0 aromatic carbocycles. The van der Waals surface area contributed by atoms with Gasteiger partial charge in [0.05, 0.1) is 6.61 Å². The molecule has 6 atom stereocenters. The highest BCUT2D eigenvalue weighted by atomic mass is 31.1. The number of nitrogens with zero attached hydrogens (tertiary/aromatic N) is 1. The van der Waals surface area contributed by atoms with Crippen LogP contribution in [-0.2, 0) is 23.4 Å². The van der Waals surface area contributed by atoms with Crippen molar-refractivity contribution in [2.24, 2.45) is 0 Å². The summed E-state index contributed by atoms with van der Waals surface area (Å²) in [4.78, 5) is 36.7. The molecule has 13 heteroatoms. The van der Waals surface area contributed by atoms with E-state index in [1.54, 1.807) is 0 Å². The highest BCUT2D eigenvalue weighted by molar-refractivity contribution is 7.36. The second-order valence-electron chi connectivity index (χ2n) is 6.71. The van der Waals surface area contributed by atoms with Gasteiger partial charge in [0.15, 0.2) is 11.9 Å². The van der Waals surface area contributed by atoms with Crippen molar-refractivity contribution in [3.63, 3.8) is 0 Å². The number of H-pyrrole nitrogens is 1. The fourth-order valence-electron chi connectivity index (χ4n) is 2.68. The van der Waals surface area contributed by atoms with Gasteiger partial charge in [0.1, 0.15) is 24.9 Å². The first-order valence-electron chi connectivity index (χ1n) is 8.94. The lowest BCUT2D eigenvalue weighted by Gasteiger charge is -2.24. The van der Waals surface area contributed by atoms with E-state index in [1.807, 2.05) is 11.9 Å². The number of carbonyl (C=O) groups excluding carboxylic acids is 1. The van der Waals surface area contributed by atoms with E-state index in [0.717, 1.165) is 23.8 Å². The van der Waals surface area contributed by atoms with Crippen LogP contribution in [0.5, 0.6) is 0 Å². The van der Waals surface area contributed by atoms with Crippen LogP contribution in [0.4, 0.5) is 4.39 Å². The molecule has 0 radical (unpaired) electrons. The quantitative estimate of drug-likeness (QED) is 0.363. The number of hydrogen-bond donors (Lipinski definition) is 3. The Morgan fingerprint density at radius 2 is 2.24 bits per heavy atom. The maximum atomic E-state index is 15.0. The van der Waals surface area contributed by atoms with Crippen molar-refractivity contribution in [3.05, 3.63) is 33.1 Å². The third-order valence-electron chi connectivity index (χ3n) is 4.28. The lowest BCUT2D eigenvalue weighted by Crippen LogP contribution is -2.43. The summed E-state index contributed by atoms with van der Waals surface area (Å²) in [5, 5.41) is 12.6. The smallest absolute Gasteiger partial charge is 0.464 e. The Bertz CT molecular complexity index is 857. The number of aromatic amines is 1. The van der Waals surface area contributed by atoms with Crippen molar-refractivity contribution >= 4 is 14.1 Å². The van der Waals surface area contributed by atoms with E-state index in [1.165, 1.54) is 6.92 Å². The Balaban J connectivity index is 1.98. The minimum atomic E-state index is -2.54. The number of halogens is 1. The van der Waals surface area contributed by atoms with Crippen molar-refractivity contribution in [3.8, 4) is 0 Å². The minimum Gasteiger partial charge on any atom is -0.464 e. The van der Waals surface area contributed by atoms with Gasteiger partial charge in [-0.1, -0.05) is 12.0 Å². The van der Waals surface area contributed by atoms with Gasteiger partial charge in [-0.2, -0.15) is 0 Å². The fraction of sp³-hybridized carbons (Fsp3) is 0.688. The summed E-state index contributed by atoms with van der Waals surface area (Å²) in [7, 11) is -2.54. The molecule has 1 aliphatic heterocycles. The number of ether oxygens (including phenoxy) is 2. The van der Waals surface area contributed by atoms with E-state index in [2.05, 4.69) is 5.09 Å². The van der Waals surface area contributed by atoms with Crippen LogP contribution in [0.15, 0.2) is 21.9 Å². The van der Waals surface area contributed by atoms with Gasteiger partial charge in [0, 0.05) is 12.3 Å². The maximum Gasteiger partial charge on any atom is 0.613 e. The molecule has 0 aliphatic carbocycles. The zero-order valence-electron chi connectivity index (χ0n) is 16.2. The second kappa shape index (κ2) is 9.68. The van der Waals surface area contributed by atoms with Crippen LogP contribution in [0.3, 0.4) is 0 Å². The van der Waals surface area contributed by atoms with E-state index in [-0.39, 0.29) is 6.61 Å². The highest BCUT2D eigenvalue weighted by Gasteiger charge is 2.56. The average Bonchev–Trinajstić information content (AvgIpc) is 2.87. The molecular weight excluding hydrogens is 412 g/mol. The molecule has 0 amide bonds. The molecule has 0 saturated carbocycles. The van der Waals surface area contributed by atoms with Crippen molar-refractivity contribution in [2.45, 2.75) is 57.3 Å². The Labute approximate surface area is 166 Å². The number of esters is 1. The van der Waals surface area contributed by atoms with E-state index in [4.69, 9.17) is 14.0 Å². The SMILES string of the molecule is CCCOC(=O)[C@H](C)N[P+](=O)OC[C@H]1O[C@@H](n2ccc(=O)[nH]c2=O)[C@](C)(F)[C@@H]1O. The molecule has 3 N–H and O–H groups in total. The van der Waals surface area contributed by atoms with Crippen LogP contribution in [0.25, 0.3) is 0 Å². The summed E-state index contributed by atoms with van der Waals surface area (Å²) in [6, 6.07) is 0.107. The Hall–Kier alpha value is -1.98. The summed E-state index contributed by atoms with van der Waals surface area (Å²) in [5.41, 5.74) is -3.97. The number of aliphatic hydroxyl groups is 1. The van der Waals surface area contributed by atoms with Gasteiger partial charge < -0.3 is 14.6 Å². The topological polar surface area (TPSA) is 149 Å². The van der Waals surface area contributed by atoms with Gasteiger partial charge in [-0.25, -0.2) is 9.18 Å². The molecule has 0 spiro atoms. The first kappa shape index (κ1) is 23.3. The normalized spacial score (nSPS) is 28.2. The van der Waals surface area contributed by atoms with Crippen molar-refractivity contribution < 1.29 is 32.9 Å². The molecule has 1 aromatic rings. The Morgan fingerprint density at radius 1 is 1.55 bits per heavy atom. The standard InChI is InChI=1S/C16H23FN3O8P/c1-4-7-26-13(23)9(2)19-29(25)27-8-10-12(22)16(3,17)14(28-10)20-6-5-11(21)18-15(20)24/h5-6,9-10,12,14,22H,4,7-8H2,1-3H3,(H-,18,19,21,24,25)/p+1/t9-,10+,12+,14+,16+/m0/s1. The monoisotopic (exact) mass is 436 g/mol. The third kappa shape index (κ3) is 5.55. The van der Waals surface area contributed by atoms with Crippen LogP contribution in [0, 0.1) is 0 Å². The number of aliphatic hydroxyl groups excluding tert-OH is 1. The summed E-state index contributed by atoms with van der Waals surface area (Å²) < 4.78 is 43.1. The number of alkyl halides is 1. The number of rotatable bonds is 9. The molecule has 1 unspecified atom stereocenters. The first-order valence-corrected chi connectivity index (χ1v) is 10.1. The third-order valence-corrected chi connectivity index (χ3v) is 5.26. The maximum absolute atomic E-state index is 15.0. The predicted octanol–water partition coefficient (Wildman–Crippen LogP) is 0.128. The molecule has 29 heavy (non-hydrogen) atoms. The summed E-state index contributed by atoms with van der Waals surface area (Å²) in [5.74, 6) is -0.607. The first-order chi connectivity index (χ1) is 13.6. The van der Waals surface area contributed by atoms with E-state index < -0.39 is 62.2 Å². The van der Waals surface area contributed by atoms with Gasteiger partial charge in [-0.05, 0) is 24.8 Å². The highest BCUT2D eigenvalue weighted by Crippen LogP contribution is 2.41. The number of aromatic nitrogens is 2. The van der Waals surface area contributed by atoms with Crippen LogP contribution in [-0.4, -0.2) is 57.8 Å². The lowest BCUT2D eigenvalue weighted by molar-refractivity contribution is -0.145. The van der Waals surface area contributed by atoms with Crippen LogP contribution in [0.1, 0.15) is 33.4 Å². The number of nitrogens with one attached hydrogen (secondary N) is 2. The van der Waals surface area contributed by atoms with Gasteiger partial charge in [0.25, 0.3) is 5.56 Å². The van der Waals surface area contributed by atoms with Crippen molar-refractivity contribution in [2.75, 3.05) is 13.2 Å². The molecule has 2 rings (SSSR count). The van der Waals surface area contributed by atoms with Crippen molar-refractivity contribution in [1.82, 2.24) is 14.6 Å². The van der Waals surface area contributed by atoms with E-state index >= 15 is 4.39 Å². The zero-order valence-corrected chi connectivity index (χ0v) is 17.1. The lowest BCUT2D eigenvalue weighted by atomic mass is 9.98. The molecule has 1 fully saturated rings. The van der Waals surface area contributed by atoms with Crippen molar-refractivity contribution in [1.29, 1.82) is 0 Å². The summed E-state index contributed by atoms with van der Waals surface area (Å²) in [6.45, 7) is 4.05. The Kier molecular flexibility index (Phi) is 7.78. The van der Waals surface area contributed by atoms with Gasteiger partial charge >= 0.3 is 19.8 Å². The Morgan fingerprint density at radius 3 is 2.86 bits per heavy atom. The van der Waals surface area contributed by atoms with Crippen LogP contribution < -0.4 is 16.3 Å². The predicted molar refractivity (Wildman–Crippen MR) is 98.2 cm³/mol. The molecule has 11 nitrogen and oxygen atoms in total. The average molecular weight is 436 g/mol. The van der Waals surface area contributed by atoms with E-state index in [0.29, 0.717) is 6.42 Å².